The van der Waals surface area contributed by atoms with Crippen molar-refractivity contribution in [3.63, 3.8) is 0 Å². The first-order valence-corrected chi connectivity index (χ1v) is 26.1. The maximum absolute atomic E-state index is 12.8. The van der Waals surface area contributed by atoms with Crippen LogP contribution in [0.4, 0.5) is 0 Å². The number of hydrogen-bond donors (Lipinski definition) is 0. The lowest BCUT2D eigenvalue weighted by molar-refractivity contribution is -0.345. The van der Waals surface area contributed by atoms with Gasteiger partial charge in [0.05, 0.1) is 0 Å². The van der Waals surface area contributed by atoms with Crippen LogP contribution in [0.15, 0.2) is 35.4 Å². The Bertz CT molecular complexity index is 1490. The summed E-state index contributed by atoms with van der Waals surface area (Å²) >= 11 is 0. The molecule has 59 heavy (non-hydrogen) atoms. The zero-order valence-electron chi connectivity index (χ0n) is 40.5. The standard InChI is InChI=1S/C57H94N2/c1-9-16-23-29-35-47-42-51(43-48(36-30-24-17-10-2)54(47)40-33-27-20-13-5)56-46(8)53(39-22-15-7)57(59(56)58)52-44-49(37-31-25-18-11-3)55(41-34-28-21-14-6)50(45-52)38-32-26-19-12-4/h42-45H,9-41H2,1-8H3. The van der Waals surface area contributed by atoms with Gasteiger partial charge in [0.15, 0.2) is 0 Å². The van der Waals surface area contributed by atoms with Gasteiger partial charge in [-0.15, -0.1) is 0 Å². The van der Waals surface area contributed by atoms with E-state index in [0.29, 0.717) is 0 Å². The van der Waals surface area contributed by atoms with E-state index in [1.807, 2.05) is 0 Å². The smallest absolute Gasteiger partial charge is 0.211 e. The van der Waals surface area contributed by atoms with Gasteiger partial charge in [-0.3, -0.25) is 0 Å². The predicted molar refractivity (Wildman–Crippen MR) is 263 cm³/mol. The second kappa shape index (κ2) is 30.5. The monoisotopic (exact) mass is 807 g/mol. The molecule has 1 aliphatic heterocycles. The highest BCUT2D eigenvalue weighted by Crippen LogP contribution is 2.44. The molecule has 2 aromatic rings. The van der Waals surface area contributed by atoms with Crippen LogP contribution in [0.2, 0.25) is 0 Å². The molecule has 1 heterocycles. The largest absolute Gasteiger partial charge is 0.493 e. The van der Waals surface area contributed by atoms with Crippen LogP contribution in [0.1, 0.15) is 273 Å². The molecule has 1 aliphatic rings. The normalized spacial score (nSPS) is 13.2. The Morgan fingerprint density at radius 1 is 0.339 bits per heavy atom. The van der Waals surface area contributed by atoms with E-state index in [1.54, 1.807) is 38.1 Å². The molecule has 0 atom stereocenters. The molecular formula is C57H94N2. The molecular weight excluding hydrogens is 713 g/mol. The van der Waals surface area contributed by atoms with Crippen LogP contribution in [0.25, 0.3) is 16.9 Å². The Labute approximate surface area is 367 Å². The molecule has 0 aromatic heterocycles. The molecule has 0 radical (unpaired) electrons. The molecule has 0 saturated carbocycles. The van der Waals surface area contributed by atoms with Crippen molar-refractivity contribution >= 4 is 11.4 Å². The van der Waals surface area contributed by atoms with Crippen LogP contribution in [0.5, 0.6) is 0 Å². The van der Waals surface area contributed by atoms with Gasteiger partial charge in [-0.1, -0.05) is 170 Å². The summed E-state index contributed by atoms with van der Waals surface area (Å²) < 4.78 is 1.69. The highest BCUT2D eigenvalue weighted by Gasteiger charge is 2.34. The van der Waals surface area contributed by atoms with E-state index in [4.69, 9.17) is 0 Å². The van der Waals surface area contributed by atoms with Gasteiger partial charge in [-0.2, -0.15) is 0 Å². The predicted octanol–water partition coefficient (Wildman–Crippen LogP) is 18.8. The van der Waals surface area contributed by atoms with E-state index in [9.17, 15) is 5.53 Å². The summed E-state index contributed by atoms with van der Waals surface area (Å²) in [5.41, 5.74) is 29.6. The third-order valence-corrected chi connectivity index (χ3v) is 13.5. The maximum Gasteiger partial charge on any atom is 0.211 e. The van der Waals surface area contributed by atoms with Crippen molar-refractivity contribution in [3.8, 4) is 0 Å². The number of benzene rings is 2. The fraction of sp³-hybridized carbons (Fsp3) is 0.719. The number of nitrogens with zero attached hydrogens (tertiary/aromatic N) is 2. The van der Waals surface area contributed by atoms with Gasteiger partial charge in [0.2, 0.25) is 11.4 Å². The van der Waals surface area contributed by atoms with Gasteiger partial charge in [-0.25, -0.2) is 4.70 Å². The second-order valence-electron chi connectivity index (χ2n) is 18.6. The van der Waals surface area contributed by atoms with Gasteiger partial charge in [0.1, 0.15) is 0 Å². The molecule has 0 spiro atoms. The zero-order chi connectivity index (χ0) is 42.7. The van der Waals surface area contributed by atoms with Gasteiger partial charge in [0, 0.05) is 22.3 Å². The molecule has 2 aromatic carbocycles. The Kier molecular flexibility index (Phi) is 26.3. The number of hydrogen-bond acceptors (Lipinski definition) is 0. The molecule has 0 aliphatic carbocycles. The highest BCUT2D eigenvalue weighted by atomic mass is 15.2. The van der Waals surface area contributed by atoms with Gasteiger partial charge in [0.25, 0.3) is 0 Å². The fourth-order valence-electron chi connectivity index (χ4n) is 9.84. The third-order valence-electron chi connectivity index (χ3n) is 13.5. The molecule has 3 rings (SSSR count). The molecule has 0 bridgehead atoms. The quantitative estimate of drug-likeness (QED) is 0.0490. The molecule has 2 heteroatoms. The second-order valence-corrected chi connectivity index (χ2v) is 18.6. The Morgan fingerprint density at radius 2 is 0.627 bits per heavy atom. The van der Waals surface area contributed by atoms with Crippen molar-refractivity contribution in [2.75, 3.05) is 0 Å². The number of allylic oxidation sites excluding steroid dienone is 2. The molecule has 0 amide bonds. The molecule has 0 unspecified atom stereocenters. The number of aryl methyl sites for hydroxylation is 4. The Hall–Kier alpha value is -2.48. The zero-order valence-corrected chi connectivity index (χ0v) is 40.5. The average molecular weight is 807 g/mol. The Morgan fingerprint density at radius 3 is 0.932 bits per heavy atom. The summed E-state index contributed by atoms with van der Waals surface area (Å²) in [5.74, 6) is 0. The van der Waals surface area contributed by atoms with E-state index >= 15 is 0 Å². The lowest BCUT2D eigenvalue weighted by Crippen LogP contribution is -2.09. The van der Waals surface area contributed by atoms with Crippen LogP contribution < -0.4 is 0 Å². The van der Waals surface area contributed by atoms with Crippen molar-refractivity contribution in [2.45, 2.75) is 267 Å². The molecule has 0 fully saturated rings. The summed E-state index contributed by atoms with van der Waals surface area (Å²) in [6, 6.07) is 10.2. The third kappa shape index (κ3) is 16.7. The minimum atomic E-state index is 1.01. The summed E-state index contributed by atoms with van der Waals surface area (Å²) in [6.45, 7) is 18.6. The van der Waals surface area contributed by atoms with Crippen molar-refractivity contribution in [1.29, 1.82) is 0 Å². The van der Waals surface area contributed by atoms with Crippen molar-refractivity contribution < 1.29 is 4.70 Å². The highest BCUT2D eigenvalue weighted by molar-refractivity contribution is 5.82. The average Bonchev–Trinajstić information content (AvgIpc) is 3.49. The summed E-state index contributed by atoms with van der Waals surface area (Å²) in [5, 5.41) is 0. The fourth-order valence-corrected chi connectivity index (χ4v) is 9.84. The van der Waals surface area contributed by atoms with E-state index in [1.165, 1.54) is 189 Å². The van der Waals surface area contributed by atoms with E-state index in [0.717, 1.165) is 56.3 Å². The first-order valence-electron chi connectivity index (χ1n) is 26.1. The summed E-state index contributed by atoms with van der Waals surface area (Å²) in [7, 11) is 0. The van der Waals surface area contributed by atoms with Gasteiger partial charge in [-0.05, 0) is 154 Å². The maximum atomic E-state index is 12.8. The number of unbranched alkanes of at least 4 members (excludes halogenated alkanes) is 19. The minimum absolute atomic E-state index is 1.01. The van der Waals surface area contributed by atoms with Crippen LogP contribution in [0.3, 0.4) is 0 Å². The van der Waals surface area contributed by atoms with Crippen molar-refractivity contribution in [3.05, 3.63) is 85.5 Å². The molecule has 0 N–H and O–H groups in total. The van der Waals surface area contributed by atoms with Gasteiger partial charge >= 0.3 is 0 Å². The Balaban J connectivity index is 2.22. The van der Waals surface area contributed by atoms with Crippen LogP contribution in [0, 0.1) is 0 Å². The van der Waals surface area contributed by atoms with Crippen LogP contribution in [-0.2, 0) is 38.5 Å². The van der Waals surface area contributed by atoms with Crippen molar-refractivity contribution in [1.82, 2.24) is 0 Å². The molecule has 332 valence electrons. The molecule has 2 nitrogen and oxygen atoms in total. The first kappa shape index (κ1) is 50.9. The van der Waals surface area contributed by atoms with Crippen LogP contribution >= 0.6 is 0 Å². The molecule has 0 saturated heterocycles. The topological polar surface area (TPSA) is 25.3 Å². The number of rotatable bonds is 35. The summed E-state index contributed by atoms with van der Waals surface area (Å²) in [6.07, 6.45) is 41.4. The van der Waals surface area contributed by atoms with E-state index < -0.39 is 0 Å². The van der Waals surface area contributed by atoms with Crippen molar-refractivity contribution in [2.24, 2.45) is 0 Å². The van der Waals surface area contributed by atoms with E-state index in [-0.39, 0.29) is 0 Å². The minimum Gasteiger partial charge on any atom is -0.493 e. The van der Waals surface area contributed by atoms with Gasteiger partial charge < -0.3 is 5.53 Å². The lowest BCUT2D eigenvalue weighted by Gasteiger charge is -2.20. The van der Waals surface area contributed by atoms with E-state index in [2.05, 4.69) is 79.7 Å². The van der Waals surface area contributed by atoms with Crippen LogP contribution in [-0.4, -0.2) is 4.70 Å². The lowest BCUT2D eigenvalue weighted by atomic mass is 9.86. The first-order chi connectivity index (χ1) is 28.9. The summed E-state index contributed by atoms with van der Waals surface area (Å²) in [4.78, 5) is 0. The SMILES string of the molecule is CCCCCCc1cc(C2=C(C)C(CCCC)=C(c3cc(CCCCCC)c(CCCCCC)c(CCCCCC)c3)[N+]2=[N-])cc(CCCCCC)c1CCCCCC.